The van der Waals surface area contributed by atoms with Crippen LogP contribution in [0.15, 0.2) is 18.2 Å². The number of hydrogen-bond donors (Lipinski definition) is 2. The van der Waals surface area contributed by atoms with Crippen molar-refractivity contribution >= 4 is 18.4 Å². The van der Waals surface area contributed by atoms with Crippen LogP contribution in [-0.4, -0.2) is 29.6 Å². The molecular formula is C12H15BO4. The summed E-state index contributed by atoms with van der Waals surface area (Å²) in [4.78, 5) is 11.5. The van der Waals surface area contributed by atoms with Crippen LogP contribution in [0.4, 0.5) is 0 Å². The summed E-state index contributed by atoms with van der Waals surface area (Å²) in [5, 5.41) is 18.2. The Morgan fingerprint density at radius 3 is 3.06 bits per heavy atom. The van der Waals surface area contributed by atoms with Gasteiger partial charge in [-0.1, -0.05) is 18.2 Å². The summed E-state index contributed by atoms with van der Waals surface area (Å²) in [6, 6.07) is 5.60. The highest BCUT2D eigenvalue weighted by Crippen LogP contribution is 2.12. The van der Waals surface area contributed by atoms with Crippen LogP contribution in [0.1, 0.15) is 24.0 Å². The summed E-state index contributed by atoms with van der Waals surface area (Å²) in [6.07, 6.45) is 1.25. The maximum absolute atomic E-state index is 11.5. The van der Waals surface area contributed by atoms with E-state index in [2.05, 4.69) is 0 Å². The van der Waals surface area contributed by atoms with E-state index in [1.165, 1.54) is 0 Å². The Bertz CT molecular complexity index is 419. The van der Waals surface area contributed by atoms with Crippen molar-refractivity contribution in [2.24, 2.45) is 0 Å². The number of carbonyl (C=O) groups excluding carboxylic acids is 1. The monoisotopic (exact) mass is 234 g/mol. The highest BCUT2D eigenvalue weighted by molar-refractivity contribution is 6.61. The quantitative estimate of drug-likeness (QED) is 0.691. The maximum Gasteiger partial charge on any atom is 0.491 e. The van der Waals surface area contributed by atoms with Gasteiger partial charge in [0.15, 0.2) is 0 Å². The van der Waals surface area contributed by atoms with Crippen LogP contribution in [0.2, 0.25) is 0 Å². The zero-order chi connectivity index (χ0) is 12.3. The summed E-state index contributed by atoms with van der Waals surface area (Å²) in [6.45, 7) is 0.470. The largest absolute Gasteiger partial charge is 0.491 e. The number of aliphatic hydroxyl groups is 1. The van der Waals surface area contributed by atoms with Crippen LogP contribution in [0.3, 0.4) is 0 Å². The van der Waals surface area contributed by atoms with Crippen molar-refractivity contribution in [2.75, 3.05) is 6.61 Å². The third-order valence-electron chi connectivity index (χ3n) is 2.89. The van der Waals surface area contributed by atoms with Crippen molar-refractivity contribution in [3.63, 3.8) is 0 Å². The normalized spacial score (nSPS) is 13.9. The summed E-state index contributed by atoms with van der Waals surface area (Å²) in [5.41, 5.74) is 2.62. The highest BCUT2D eigenvalue weighted by Gasteiger charge is 2.27. The molecule has 90 valence electrons. The van der Waals surface area contributed by atoms with E-state index >= 15 is 0 Å². The minimum atomic E-state index is -0.863. The predicted molar refractivity (Wildman–Crippen MR) is 63.9 cm³/mol. The molecule has 1 aromatic carbocycles. The van der Waals surface area contributed by atoms with Crippen molar-refractivity contribution in [1.29, 1.82) is 0 Å². The first-order chi connectivity index (χ1) is 8.20. The van der Waals surface area contributed by atoms with Crippen molar-refractivity contribution in [3.05, 3.63) is 29.3 Å². The Kier molecular flexibility index (Phi) is 3.94. The van der Waals surface area contributed by atoms with Gasteiger partial charge in [0.25, 0.3) is 0 Å². The minimum Gasteiger partial charge on any atom is -0.423 e. The Hall–Kier alpha value is -1.17. The van der Waals surface area contributed by atoms with Gasteiger partial charge in [-0.15, -0.1) is 0 Å². The second-order valence-corrected chi connectivity index (χ2v) is 4.24. The number of ketones is 1. The molecular weight excluding hydrogens is 219 g/mol. The fourth-order valence-electron chi connectivity index (χ4n) is 1.97. The van der Waals surface area contributed by atoms with Gasteiger partial charge in [-0.25, -0.2) is 0 Å². The van der Waals surface area contributed by atoms with Gasteiger partial charge in [0, 0.05) is 19.4 Å². The smallest absolute Gasteiger partial charge is 0.423 e. The Morgan fingerprint density at radius 1 is 1.47 bits per heavy atom. The molecule has 0 saturated heterocycles. The van der Waals surface area contributed by atoms with E-state index in [0.29, 0.717) is 25.9 Å². The zero-order valence-corrected chi connectivity index (χ0v) is 9.56. The van der Waals surface area contributed by atoms with Gasteiger partial charge >= 0.3 is 7.12 Å². The van der Waals surface area contributed by atoms with Crippen molar-refractivity contribution in [1.82, 2.24) is 0 Å². The van der Waals surface area contributed by atoms with Gasteiger partial charge in [-0.2, -0.15) is 0 Å². The Labute approximate surface area is 100 Å². The predicted octanol–water partition coefficient (Wildman–Crippen LogP) is -0.212. The number of fused-ring (bicyclic) bond motifs is 1. The van der Waals surface area contributed by atoms with Gasteiger partial charge in [0.05, 0.1) is 6.61 Å². The topological polar surface area (TPSA) is 66.8 Å². The standard InChI is InChI=1S/C12H15BO4/c14-5-1-2-11(15)6-9-3-4-10-8-17-13(16)12(10)7-9/h3-4,7,14,16H,1-2,5-6,8H2. The molecule has 0 amide bonds. The van der Waals surface area contributed by atoms with Crippen LogP contribution in [-0.2, 0) is 22.5 Å². The van der Waals surface area contributed by atoms with E-state index in [0.717, 1.165) is 16.6 Å². The fourth-order valence-corrected chi connectivity index (χ4v) is 1.97. The first kappa shape index (κ1) is 12.3. The fraction of sp³-hybridized carbons (Fsp3) is 0.417. The van der Waals surface area contributed by atoms with Gasteiger partial charge in [0.1, 0.15) is 5.78 Å². The average Bonchev–Trinajstić information content (AvgIpc) is 2.68. The first-order valence-corrected chi connectivity index (χ1v) is 5.74. The van der Waals surface area contributed by atoms with Gasteiger partial charge < -0.3 is 14.8 Å². The second-order valence-electron chi connectivity index (χ2n) is 4.24. The molecule has 2 rings (SSSR count). The molecule has 0 saturated carbocycles. The summed E-state index contributed by atoms with van der Waals surface area (Å²) in [7, 11) is -0.863. The van der Waals surface area contributed by atoms with E-state index in [1.807, 2.05) is 18.2 Å². The molecule has 0 bridgehead atoms. The highest BCUT2D eigenvalue weighted by atomic mass is 16.5. The van der Waals surface area contributed by atoms with E-state index in [4.69, 9.17) is 9.76 Å². The lowest BCUT2D eigenvalue weighted by Gasteiger charge is -2.04. The average molecular weight is 234 g/mol. The third-order valence-corrected chi connectivity index (χ3v) is 2.89. The number of carbonyl (C=O) groups is 1. The van der Waals surface area contributed by atoms with Crippen LogP contribution in [0.5, 0.6) is 0 Å². The van der Waals surface area contributed by atoms with Crippen molar-refractivity contribution in [2.45, 2.75) is 25.9 Å². The molecule has 0 radical (unpaired) electrons. The van der Waals surface area contributed by atoms with Crippen LogP contribution >= 0.6 is 0 Å². The molecule has 0 fully saturated rings. The number of Topliss-reactive ketones (excluding diaryl/α,β-unsaturated/α-hetero) is 1. The first-order valence-electron chi connectivity index (χ1n) is 5.74. The molecule has 0 aliphatic carbocycles. The van der Waals surface area contributed by atoms with Gasteiger partial charge in [-0.05, 0) is 23.0 Å². The lowest BCUT2D eigenvalue weighted by molar-refractivity contribution is -0.118. The van der Waals surface area contributed by atoms with Crippen LogP contribution in [0, 0.1) is 0 Å². The molecule has 1 heterocycles. The van der Waals surface area contributed by atoms with Crippen LogP contribution in [0.25, 0.3) is 0 Å². The van der Waals surface area contributed by atoms with Gasteiger partial charge in [-0.3, -0.25) is 4.79 Å². The lowest BCUT2D eigenvalue weighted by Crippen LogP contribution is -2.28. The number of benzene rings is 1. The Balaban J connectivity index is 2.03. The number of aliphatic hydroxyl groups excluding tert-OH is 1. The summed E-state index contributed by atoms with van der Waals surface area (Å²) in [5.74, 6) is 0.104. The molecule has 0 spiro atoms. The molecule has 0 atom stereocenters. The number of rotatable bonds is 5. The summed E-state index contributed by atoms with van der Waals surface area (Å²) >= 11 is 0. The SMILES string of the molecule is O=C(CCCO)Cc1ccc2c(c1)B(O)OC2. The summed E-state index contributed by atoms with van der Waals surface area (Å²) < 4.78 is 5.09. The van der Waals surface area contributed by atoms with E-state index in [9.17, 15) is 9.82 Å². The zero-order valence-electron chi connectivity index (χ0n) is 9.56. The van der Waals surface area contributed by atoms with E-state index in [-0.39, 0.29) is 12.4 Å². The van der Waals surface area contributed by atoms with Crippen molar-refractivity contribution in [3.8, 4) is 0 Å². The molecule has 1 aromatic rings. The molecule has 4 nitrogen and oxygen atoms in total. The Morgan fingerprint density at radius 2 is 2.29 bits per heavy atom. The van der Waals surface area contributed by atoms with Gasteiger partial charge in [0.2, 0.25) is 0 Å². The molecule has 1 aliphatic rings. The lowest BCUT2D eigenvalue weighted by atomic mass is 9.78. The number of hydrogen-bond acceptors (Lipinski definition) is 4. The van der Waals surface area contributed by atoms with Crippen LogP contribution < -0.4 is 5.46 Å². The maximum atomic E-state index is 11.5. The molecule has 0 unspecified atom stereocenters. The molecule has 1 aliphatic heterocycles. The van der Waals surface area contributed by atoms with E-state index in [1.54, 1.807) is 0 Å². The molecule has 5 heteroatoms. The molecule has 2 N–H and O–H groups in total. The van der Waals surface area contributed by atoms with E-state index < -0.39 is 7.12 Å². The second kappa shape index (κ2) is 5.45. The minimum absolute atomic E-state index is 0.0441. The van der Waals surface area contributed by atoms with Crippen molar-refractivity contribution < 1.29 is 19.6 Å². The third kappa shape index (κ3) is 2.94. The molecule has 17 heavy (non-hydrogen) atoms. The molecule has 0 aromatic heterocycles.